The second-order valence-corrected chi connectivity index (χ2v) is 6.15. The Morgan fingerprint density at radius 2 is 2.00 bits per heavy atom. The number of amides is 1. The monoisotopic (exact) mass is 352 g/mol. The molecule has 0 radical (unpaired) electrons. The van der Waals surface area contributed by atoms with Crippen molar-refractivity contribution in [1.82, 2.24) is 15.0 Å². The van der Waals surface area contributed by atoms with Crippen LogP contribution in [0.15, 0.2) is 48.5 Å². The predicted octanol–water partition coefficient (Wildman–Crippen LogP) is 3.54. The lowest BCUT2D eigenvalue weighted by Gasteiger charge is -2.08. The van der Waals surface area contributed by atoms with Crippen LogP contribution in [-0.4, -0.2) is 28.0 Å². The summed E-state index contributed by atoms with van der Waals surface area (Å²) in [4.78, 5) is 12.7. The summed E-state index contributed by atoms with van der Waals surface area (Å²) in [6.07, 6.45) is 2.00. The van der Waals surface area contributed by atoms with Crippen molar-refractivity contribution in [3.63, 3.8) is 0 Å². The van der Waals surface area contributed by atoms with Gasteiger partial charge in [0.25, 0.3) is 5.91 Å². The molecule has 0 spiro atoms. The van der Waals surface area contributed by atoms with Gasteiger partial charge in [-0.2, -0.15) is 0 Å². The summed E-state index contributed by atoms with van der Waals surface area (Å²) in [5.74, 6) is -0.561. The largest absolute Gasteiger partial charge is 0.494 e. The number of anilines is 1. The second-order valence-electron chi connectivity index (χ2n) is 6.15. The molecule has 2 aromatic carbocycles. The summed E-state index contributed by atoms with van der Waals surface area (Å²) in [6, 6.07) is 13.8. The molecule has 1 saturated carbocycles. The zero-order chi connectivity index (χ0) is 18.1. The van der Waals surface area contributed by atoms with Crippen LogP contribution < -0.4 is 10.1 Å². The zero-order valence-electron chi connectivity index (χ0n) is 14.1. The summed E-state index contributed by atoms with van der Waals surface area (Å²) in [6.45, 7) is 0. The Balaban J connectivity index is 1.64. The number of aromatic nitrogens is 3. The highest BCUT2D eigenvalue weighted by molar-refractivity contribution is 6.03. The molecular formula is C19H17FN4O2. The van der Waals surface area contributed by atoms with E-state index in [4.69, 9.17) is 4.74 Å². The third-order valence-electron chi connectivity index (χ3n) is 4.29. The highest BCUT2D eigenvalue weighted by Crippen LogP contribution is 2.42. The first-order chi connectivity index (χ1) is 12.7. The number of methoxy groups -OCH3 is 1. The van der Waals surface area contributed by atoms with Gasteiger partial charge < -0.3 is 10.1 Å². The SMILES string of the molecule is COc1ccc(NC(=O)c2nnn(-c3ccccc3)c2C2CC2)cc1F. The molecule has 1 heterocycles. The van der Waals surface area contributed by atoms with E-state index in [2.05, 4.69) is 15.6 Å². The van der Waals surface area contributed by atoms with Gasteiger partial charge in [0.2, 0.25) is 0 Å². The Morgan fingerprint density at radius 1 is 1.23 bits per heavy atom. The fourth-order valence-corrected chi connectivity index (χ4v) is 2.87. The number of rotatable bonds is 5. The van der Waals surface area contributed by atoms with Crippen LogP contribution in [0, 0.1) is 5.82 Å². The normalized spacial score (nSPS) is 13.5. The van der Waals surface area contributed by atoms with Crippen LogP contribution in [0.5, 0.6) is 5.75 Å². The van der Waals surface area contributed by atoms with Crippen LogP contribution in [0.25, 0.3) is 5.69 Å². The van der Waals surface area contributed by atoms with E-state index in [0.29, 0.717) is 5.69 Å². The molecule has 1 aromatic heterocycles. The minimum Gasteiger partial charge on any atom is -0.494 e. The van der Waals surface area contributed by atoms with Gasteiger partial charge in [0.15, 0.2) is 17.3 Å². The van der Waals surface area contributed by atoms with E-state index in [1.54, 1.807) is 10.7 Å². The maximum Gasteiger partial charge on any atom is 0.278 e. The Labute approximate surface area is 149 Å². The molecule has 1 N–H and O–H groups in total. The number of halogens is 1. The molecule has 1 aliphatic carbocycles. The highest BCUT2D eigenvalue weighted by Gasteiger charge is 2.34. The highest BCUT2D eigenvalue weighted by atomic mass is 19.1. The van der Waals surface area contributed by atoms with Crippen molar-refractivity contribution >= 4 is 11.6 Å². The number of carbonyl (C=O) groups is 1. The number of para-hydroxylation sites is 1. The van der Waals surface area contributed by atoms with Gasteiger partial charge in [-0.3, -0.25) is 4.79 Å². The average Bonchev–Trinajstić information content (AvgIpc) is 3.40. The molecule has 132 valence electrons. The molecule has 1 aliphatic rings. The smallest absolute Gasteiger partial charge is 0.278 e. The van der Waals surface area contributed by atoms with E-state index in [1.807, 2.05) is 30.3 Å². The molecule has 0 atom stereocenters. The fraction of sp³-hybridized carbons (Fsp3) is 0.211. The Hall–Kier alpha value is -3.22. The molecule has 0 aliphatic heterocycles. The number of hydrogen-bond acceptors (Lipinski definition) is 4. The van der Waals surface area contributed by atoms with E-state index in [0.717, 1.165) is 24.2 Å². The third kappa shape index (κ3) is 3.03. The van der Waals surface area contributed by atoms with Crippen LogP contribution in [0.4, 0.5) is 10.1 Å². The fourth-order valence-electron chi connectivity index (χ4n) is 2.87. The Kier molecular flexibility index (Phi) is 4.12. The van der Waals surface area contributed by atoms with Crippen molar-refractivity contribution in [2.45, 2.75) is 18.8 Å². The van der Waals surface area contributed by atoms with Gasteiger partial charge in [0.1, 0.15) is 0 Å². The van der Waals surface area contributed by atoms with Crippen molar-refractivity contribution in [3.8, 4) is 11.4 Å². The zero-order valence-corrected chi connectivity index (χ0v) is 14.1. The predicted molar refractivity (Wildman–Crippen MR) is 94.2 cm³/mol. The van der Waals surface area contributed by atoms with E-state index in [1.165, 1.54) is 19.2 Å². The summed E-state index contributed by atoms with van der Waals surface area (Å²) in [5, 5.41) is 10.9. The molecule has 1 fully saturated rings. The van der Waals surface area contributed by atoms with Gasteiger partial charge in [-0.05, 0) is 37.1 Å². The quantitative estimate of drug-likeness (QED) is 0.762. The number of nitrogens with zero attached hydrogens (tertiary/aromatic N) is 3. The summed E-state index contributed by atoms with van der Waals surface area (Å²) in [7, 11) is 1.39. The van der Waals surface area contributed by atoms with Crippen molar-refractivity contribution in [3.05, 3.63) is 65.7 Å². The Bertz CT molecular complexity index is 951. The number of hydrogen-bond donors (Lipinski definition) is 1. The molecule has 7 heteroatoms. The minimum atomic E-state index is -0.541. The van der Waals surface area contributed by atoms with Gasteiger partial charge in [0.05, 0.1) is 18.5 Å². The van der Waals surface area contributed by atoms with E-state index in [-0.39, 0.29) is 17.4 Å². The first-order valence-corrected chi connectivity index (χ1v) is 8.33. The van der Waals surface area contributed by atoms with Gasteiger partial charge in [-0.25, -0.2) is 9.07 Å². The Morgan fingerprint density at radius 3 is 2.65 bits per heavy atom. The van der Waals surface area contributed by atoms with Gasteiger partial charge in [0, 0.05) is 17.7 Å². The summed E-state index contributed by atoms with van der Waals surface area (Å²) < 4.78 is 20.4. The van der Waals surface area contributed by atoms with Crippen LogP contribution in [0.1, 0.15) is 34.9 Å². The van der Waals surface area contributed by atoms with E-state index >= 15 is 0 Å². The van der Waals surface area contributed by atoms with Crippen LogP contribution in [0.2, 0.25) is 0 Å². The topological polar surface area (TPSA) is 69.0 Å². The van der Waals surface area contributed by atoms with Gasteiger partial charge >= 0.3 is 0 Å². The summed E-state index contributed by atoms with van der Waals surface area (Å²) in [5.41, 5.74) is 2.26. The second kappa shape index (κ2) is 6.59. The number of benzene rings is 2. The summed E-state index contributed by atoms with van der Waals surface area (Å²) >= 11 is 0. The lowest BCUT2D eigenvalue weighted by molar-refractivity contribution is 0.102. The van der Waals surface area contributed by atoms with Gasteiger partial charge in [-0.15, -0.1) is 5.10 Å². The maximum atomic E-state index is 13.8. The molecule has 0 bridgehead atoms. The third-order valence-corrected chi connectivity index (χ3v) is 4.29. The minimum absolute atomic E-state index is 0.122. The first kappa shape index (κ1) is 16.3. The van der Waals surface area contributed by atoms with Crippen molar-refractivity contribution in [1.29, 1.82) is 0 Å². The van der Waals surface area contributed by atoms with Crippen molar-refractivity contribution < 1.29 is 13.9 Å². The molecule has 26 heavy (non-hydrogen) atoms. The van der Waals surface area contributed by atoms with Crippen LogP contribution >= 0.6 is 0 Å². The van der Waals surface area contributed by atoms with Gasteiger partial charge in [-0.1, -0.05) is 23.4 Å². The van der Waals surface area contributed by atoms with Crippen LogP contribution in [0.3, 0.4) is 0 Å². The lowest BCUT2D eigenvalue weighted by Crippen LogP contribution is -2.15. The molecule has 6 nitrogen and oxygen atoms in total. The maximum absolute atomic E-state index is 13.8. The molecule has 3 aromatic rings. The number of ether oxygens (including phenoxy) is 1. The van der Waals surface area contributed by atoms with Crippen molar-refractivity contribution in [2.24, 2.45) is 0 Å². The lowest BCUT2D eigenvalue weighted by atomic mass is 10.2. The molecule has 0 unspecified atom stereocenters. The molecular weight excluding hydrogens is 335 g/mol. The standard InChI is InChI=1S/C19H17FN4O2/c1-26-16-10-9-13(11-15(16)20)21-19(25)17-18(12-7-8-12)24(23-22-17)14-5-3-2-4-6-14/h2-6,9-12H,7-8H2,1H3,(H,21,25). The average molecular weight is 352 g/mol. The first-order valence-electron chi connectivity index (χ1n) is 8.33. The van der Waals surface area contributed by atoms with E-state index in [9.17, 15) is 9.18 Å². The number of carbonyl (C=O) groups excluding carboxylic acids is 1. The van der Waals surface area contributed by atoms with Crippen LogP contribution in [-0.2, 0) is 0 Å². The molecule has 0 saturated heterocycles. The van der Waals surface area contributed by atoms with E-state index < -0.39 is 11.7 Å². The number of nitrogens with one attached hydrogen (secondary N) is 1. The molecule has 4 rings (SSSR count). The molecule has 1 amide bonds. The van der Waals surface area contributed by atoms with Crippen molar-refractivity contribution in [2.75, 3.05) is 12.4 Å².